The van der Waals surface area contributed by atoms with Crippen molar-refractivity contribution in [3.8, 4) is 0 Å². The standard InChI is InChI=1S/C38H38N4O26S4/c43-29(37(53)67-13-19-7-3-1-4-8-19)21-11-22(30(44)38(54)68-14-20-9-5-2-6-10-20)24(32(46)40-26(16-70(58,59)60)34(48)42-28(36(51)52)18-72(64,65)66)12-23(21)31(45)39-25(15-69(55,56)57)33(47)41-27(35(49)50)17-71(61,62)63/h1-12,25-28H,13-18H2,(H,39,45)(H,40,46)(H,41,47)(H,42,48)(H,49,50)(H,51,52)(H,55,56,57)(H,58,59,60)(H,61,62,63)(H,64,65,66)/t25?,26?,27-,28-/m1/s1. The minimum atomic E-state index is -5.48. The van der Waals surface area contributed by atoms with Gasteiger partial charge in [-0.2, -0.15) is 33.7 Å². The van der Waals surface area contributed by atoms with Gasteiger partial charge in [-0.25, -0.2) is 19.2 Å². The van der Waals surface area contributed by atoms with E-state index in [1.54, 1.807) is 22.8 Å². The highest BCUT2D eigenvalue weighted by molar-refractivity contribution is 7.86. The Bertz CT molecular complexity index is 2910. The number of carbonyl (C=O) groups is 10. The van der Waals surface area contributed by atoms with E-state index in [-0.39, 0.29) is 23.3 Å². The number of carbonyl (C=O) groups excluding carboxylic acids is 8. The lowest BCUT2D eigenvalue weighted by Crippen LogP contribution is -2.56. The van der Waals surface area contributed by atoms with E-state index in [4.69, 9.17) is 18.6 Å². The average Bonchev–Trinajstić information content (AvgIpc) is 3.26. The molecule has 3 aromatic carbocycles. The number of hydrogen-bond acceptors (Lipinski definition) is 20. The minimum Gasteiger partial charge on any atom is -0.480 e. The maximum atomic E-state index is 14.2. The topological polar surface area (TPSA) is 495 Å². The first-order valence-corrected chi connectivity index (χ1v) is 25.8. The molecule has 0 spiro atoms. The fraction of sp³-hybridized carbons (Fsp3) is 0.263. The molecule has 0 radical (unpaired) electrons. The highest BCUT2D eigenvalue weighted by Gasteiger charge is 2.38. The zero-order valence-corrected chi connectivity index (χ0v) is 39.2. The third-order valence-corrected chi connectivity index (χ3v) is 11.9. The molecule has 0 saturated heterocycles. The van der Waals surface area contributed by atoms with Crippen LogP contribution in [0.15, 0.2) is 72.8 Å². The molecule has 10 N–H and O–H groups in total. The third-order valence-electron chi connectivity index (χ3n) is 8.91. The van der Waals surface area contributed by atoms with Crippen LogP contribution in [0.4, 0.5) is 0 Å². The smallest absolute Gasteiger partial charge is 0.380 e. The van der Waals surface area contributed by atoms with Crippen molar-refractivity contribution in [2.75, 3.05) is 23.0 Å². The SMILES string of the molecule is O=C(OCc1ccccc1)C(=O)c1cc(C(=O)C(=O)OCc2ccccc2)c(C(=O)NC(CS(=O)(=O)O)C(=O)N[C@H](CS(=O)(=O)O)C(=O)O)cc1C(=O)NC(CS(=O)(=O)O)C(=O)N[C@H](CS(=O)(=O)O)C(=O)O. The van der Waals surface area contributed by atoms with Crippen molar-refractivity contribution in [3.05, 3.63) is 106 Å². The number of carboxylic acid groups (broad SMARTS) is 2. The van der Waals surface area contributed by atoms with Crippen molar-refractivity contribution >= 4 is 99.5 Å². The summed E-state index contributed by atoms with van der Waals surface area (Å²) >= 11 is 0. The molecule has 34 heteroatoms. The molecular formula is C38H38N4O26S4. The summed E-state index contributed by atoms with van der Waals surface area (Å²) in [6.45, 7) is -1.36. The molecule has 0 aliphatic heterocycles. The van der Waals surface area contributed by atoms with Crippen LogP contribution in [0.3, 0.4) is 0 Å². The number of ether oxygens (including phenoxy) is 2. The van der Waals surface area contributed by atoms with Gasteiger partial charge in [0.2, 0.25) is 11.8 Å². The van der Waals surface area contributed by atoms with Crippen LogP contribution in [0.5, 0.6) is 0 Å². The van der Waals surface area contributed by atoms with Gasteiger partial charge in [-0.1, -0.05) is 60.7 Å². The summed E-state index contributed by atoms with van der Waals surface area (Å²) in [5.74, 6) is -27.4. The van der Waals surface area contributed by atoms with Crippen molar-refractivity contribution in [2.24, 2.45) is 0 Å². The zero-order chi connectivity index (χ0) is 54.5. The Kier molecular flexibility index (Phi) is 20.0. The zero-order valence-electron chi connectivity index (χ0n) is 36.0. The molecule has 0 fully saturated rings. The molecule has 0 bridgehead atoms. The maximum Gasteiger partial charge on any atom is 0.380 e. The summed E-state index contributed by atoms with van der Waals surface area (Å²) in [5.41, 5.74) is -5.17. The van der Waals surface area contributed by atoms with Gasteiger partial charge in [0.1, 0.15) is 60.4 Å². The summed E-state index contributed by atoms with van der Waals surface area (Å²) in [5, 5.41) is 24.9. The Labute approximate surface area is 405 Å². The van der Waals surface area contributed by atoms with Crippen LogP contribution >= 0.6 is 0 Å². The summed E-state index contributed by atoms with van der Waals surface area (Å²) < 4.78 is 141. The molecule has 0 aliphatic rings. The first kappa shape index (κ1) is 58.7. The summed E-state index contributed by atoms with van der Waals surface area (Å²) in [6.07, 6.45) is 0. The molecule has 2 unspecified atom stereocenters. The van der Waals surface area contributed by atoms with E-state index < -0.39 is 182 Å². The van der Waals surface area contributed by atoms with Crippen LogP contribution in [0.1, 0.15) is 52.6 Å². The molecule has 3 aromatic rings. The monoisotopic (exact) mass is 1090 g/mol. The van der Waals surface area contributed by atoms with Crippen LogP contribution in [0, 0.1) is 0 Å². The number of ketones is 2. The average molecular weight is 1090 g/mol. The fourth-order valence-corrected chi connectivity index (χ4v) is 8.33. The van der Waals surface area contributed by atoms with Gasteiger partial charge in [0.05, 0.1) is 11.1 Å². The van der Waals surface area contributed by atoms with Gasteiger partial charge in [-0.3, -0.25) is 47.0 Å². The molecule has 0 aliphatic carbocycles. The predicted octanol–water partition coefficient (Wildman–Crippen LogP) is -3.57. The van der Waals surface area contributed by atoms with Crippen molar-refractivity contribution in [1.82, 2.24) is 21.3 Å². The van der Waals surface area contributed by atoms with E-state index in [2.05, 4.69) is 0 Å². The molecule has 30 nitrogen and oxygen atoms in total. The van der Waals surface area contributed by atoms with Crippen LogP contribution in [0.25, 0.3) is 0 Å². The predicted molar refractivity (Wildman–Crippen MR) is 235 cm³/mol. The Hall–Kier alpha value is -7.60. The lowest BCUT2D eigenvalue weighted by atomic mass is 9.92. The number of benzene rings is 3. The number of aliphatic carboxylic acids is 2. The lowest BCUT2D eigenvalue weighted by Gasteiger charge is -2.22. The summed E-state index contributed by atoms with van der Waals surface area (Å²) in [6, 6.07) is 4.06. The molecule has 4 amide bonds. The van der Waals surface area contributed by atoms with E-state index in [1.807, 2.05) is 0 Å². The van der Waals surface area contributed by atoms with Crippen LogP contribution in [-0.4, -0.2) is 168 Å². The Morgan fingerprint density at radius 3 is 0.972 bits per heavy atom. The highest BCUT2D eigenvalue weighted by atomic mass is 32.2. The first-order valence-electron chi connectivity index (χ1n) is 19.3. The number of Topliss-reactive ketones (excluding diaryl/α,β-unsaturated/α-hetero) is 2. The maximum absolute atomic E-state index is 14.2. The van der Waals surface area contributed by atoms with E-state index in [9.17, 15) is 101 Å². The summed E-state index contributed by atoms with van der Waals surface area (Å²) in [7, 11) is -21.4. The highest BCUT2D eigenvalue weighted by Crippen LogP contribution is 2.22. The molecule has 72 heavy (non-hydrogen) atoms. The second-order valence-electron chi connectivity index (χ2n) is 14.6. The van der Waals surface area contributed by atoms with E-state index in [1.165, 1.54) is 59.2 Å². The van der Waals surface area contributed by atoms with Gasteiger partial charge in [0, 0.05) is 11.1 Å². The molecule has 3 rings (SSSR count). The number of hydrogen-bond donors (Lipinski definition) is 10. The Morgan fingerprint density at radius 1 is 0.417 bits per heavy atom. The van der Waals surface area contributed by atoms with Gasteiger partial charge in [0.15, 0.2) is 0 Å². The molecule has 4 atom stereocenters. The van der Waals surface area contributed by atoms with Gasteiger partial charge in [0.25, 0.3) is 63.9 Å². The van der Waals surface area contributed by atoms with Crippen molar-refractivity contribution < 1.29 is 120 Å². The number of nitrogens with one attached hydrogen (secondary N) is 4. The lowest BCUT2D eigenvalue weighted by molar-refractivity contribution is -0.141. The molecule has 390 valence electrons. The van der Waals surface area contributed by atoms with Crippen LogP contribution < -0.4 is 21.3 Å². The van der Waals surface area contributed by atoms with Gasteiger partial charge >= 0.3 is 23.9 Å². The van der Waals surface area contributed by atoms with Crippen molar-refractivity contribution in [3.63, 3.8) is 0 Å². The number of amides is 4. The van der Waals surface area contributed by atoms with Gasteiger partial charge < -0.3 is 41.0 Å². The van der Waals surface area contributed by atoms with Gasteiger partial charge in [-0.15, -0.1) is 0 Å². The quantitative estimate of drug-likeness (QED) is 0.0161. The summed E-state index contributed by atoms with van der Waals surface area (Å²) in [4.78, 5) is 133. The van der Waals surface area contributed by atoms with Crippen LogP contribution in [0.2, 0.25) is 0 Å². The van der Waals surface area contributed by atoms with Crippen molar-refractivity contribution in [2.45, 2.75) is 37.4 Å². The van der Waals surface area contributed by atoms with E-state index in [0.717, 1.165) is 0 Å². The number of carboxylic acids is 2. The Balaban J connectivity index is 2.36. The molecular weight excluding hydrogens is 1060 g/mol. The third kappa shape index (κ3) is 19.3. The van der Waals surface area contributed by atoms with Crippen LogP contribution in [-0.2, 0) is 91.9 Å². The number of rotatable bonds is 26. The normalized spacial score (nSPS) is 13.4. The van der Waals surface area contributed by atoms with E-state index in [0.29, 0.717) is 0 Å². The Morgan fingerprint density at radius 2 is 0.694 bits per heavy atom. The molecule has 0 aromatic heterocycles. The van der Waals surface area contributed by atoms with E-state index >= 15 is 0 Å². The largest absolute Gasteiger partial charge is 0.480 e. The second kappa shape index (κ2) is 24.5. The minimum absolute atomic E-state index is 0.0989. The van der Waals surface area contributed by atoms with Gasteiger partial charge in [-0.05, 0) is 23.3 Å². The second-order valence-corrected chi connectivity index (χ2v) is 20.6. The first-order chi connectivity index (χ1) is 33.1. The fourth-order valence-electron chi connectivity index (χ4n) is 5.72. The molecule has 0 saturated carbocycles. The molecule has 0 heterocycles. The van der Waals surface area contributed by atoms with Crippen molar-refractivity contribution in [1.29, 1.82) is 0 Å². The number of esters is 2.